The third-order valence-corrected chi connectivity index (χ3v) is 4.77. The number of rotatable bonds is 9. The minimum absolute atomic E-state index is 0. The molecule has 2 heterocycles. The van der Waals surface area contributed by atoms with Gasteiger partial charge in [-0.15, -0.1) is 12.4 Å². The van der Waals surface area contributed by atoms with E-state index in [9.17, 15) is 4.79 Å². The molecule has 1 aliphatic rings. The molecule has 1 amide bonds. The number of piperazine rings is 1. The predicted molar refractivity (Wildman–Crippen MR) is 107 cm³/mol. The highest BCUT2D eigenvalue weighted by Gasteiger charge is 2.18. The number of halogens is 1. The molecule has 7 nitrogen and oxygen atoms in total. The normalized spacial score (nSPS) is 16.2. The van der Waals surface area contributed by atoms with Crippen LogP contribution in [0.2, 0.25) is 0 Å². The molecule has 1 aliphatic heterocycles. The number of nitrogens with two attached hydrogens (primary N) is 1. The van der Waals surface area contributed by atoms with Gasteiger partial charge in [-0.3, -0.25) is 9.69 Å². The van der Waals surface area contributed by atoms with Gasteiger partial charge in [-0.1, -0.05) is 0 Å². The van der Waals surface area contributed by atoms with Gasteiger partial charge in [0.1, 0.15) is 0 Å². The van der Waals surface area contributed by atoms with Crippen LogP contribution in [0.25, 0.3) is 0 Å². The van der Waals surface area contributed by atoms with Crippen LogP contribution in [0.5, 0.6) is 0 Å². The maximum absolute atomic E-state index is 11.8. The first-order valence-corrected chi connectivity index (χ1v) is 9.86. The zero-order chi connectivity index (χ0) is 17.2. The number of aromatic nitrogens is 2. The van der Waals surface area contributed by atoms with Crippen LogP contribution in [0.4, 0.5) is 5.95 Å². The van der Waals surface area contributed by atoms with Crippen LogP contribution >= 0.6 is 24.2 Å². The molecule has 142 valence electrons. The van der Waals surface area contributed by atoms with Crippen molar-refractivity contribution in [1.82, 2.24) is 20.2 Å². The summed E-state index contributed by atoms with van der Waals surface area (Å²) in [6.45, 7) is 5.56. The second kappa shape index (κ2) is 12.3. The van der Waals surface area contributed by atoms with Crippen molar-refractivity contribution in [2.75, 3.05) is 56.2 Å². The summed E-state index contributed by atoms with van der Waals surface area (Å²) in [5, 5.41) is 2.94. The number of carbonyl (C=O) groups is 1. The molecular formula is C16H29ClN6OS. The Morgan fingerprint density at radius 1 is 1.32 bits per heavy atom. The number of nitrogens with zero attached hydrogens (tertiary/aromatic N) is 4. The molecule has 2 rings (SSSR count). The fourth-order valence-electron chi connectivity index (χ4n) is 2.65. The van der Waals surface area contributed by atoms with E-state index >= 15 is 0 Å². The summed E-state index contributed by atoms with van der Waals surface area (Å²) in [4.78, 5) is 25.0. The summed E-state index contributed by atoms with van der Waals surface area (Å²) in [5.74, 6) is 1.70. The first kappa shape index (κ1) is 22.0. The molecule has 9 heteroatoms. The molecule has 1 atom stereocenters. The van der Waals surface area contributed by atoms with Gasteiger partial charge in [0, 0.05) is 45.1 Å². The van der Waals surface area contributed by atoms with Crippen molar-refractivity contribution in [3.63, 3.8) is 0 Å². The zero-order valence-corrected chi connectivity index (χ0v) is 16.4. The van der Waals surface area contributed by atoms with Crippen LogP contribution in [-0.2, 0) is 4.79 Å². The fraction of sp³-hybridized carbons (Fsp3) is 0.688. The van der Waals surface area contributed by atoms with Gasteiger partial charge in [0.25, 0.3) is 0 Å². The van der Waals surface area contributed by atoms with Gasteiger partial charge in [0.05, 0.1) is 6.04 Å². The lowest BCUT2D eigenvalue weighted by Gasteiger charge is -2.34. The fourth-order valence-corrected chi connectivity index (χ4v) is 3.14. The SMILES string of the molecule is CSCCC(N)C(=O)NCCCN1CCN(c2ncccn2)CC1.Cl. The molecule has 0 bridgehead atoms. The number of hydrogen-bond acceptors (Lipinski definition) is 7. The van der Waals surface area contributed by atoms with E-state index in [4.69, 9.17) is 5.73 Å². The molecule has 0 saturated carbocycles. The number of thioether (sulfide) groups is 1. The van der Waals surface area contributed by atoms with Gasteiger partial charge in [-0.25, -0.2) is 9.97 Å². The average molecular weight is 389 g/mol. The quantitative estimate of drug-likeness (QED) is 0.599. The minimum Gasteiger partial charge on any atom is -0.355 e. The maximum Gasteiger partial charge on any atom is 0.236 e. The van der Waals surface area contributed by atoms with Crippen LogP contribution in [-0.4, -0.2) is 78.1 Å². The lowest BCUT2D eigenvalue weighted by Crippen LogP contribution is -2.48. The maximum atomic E-state index is 11.8. The zero-order valence-electron chi connectivity index (χ0n) is 14.8. The summed E-state index contributed by atoms with van der Waals surface area (Å²) >= 11 is 1.71. The van der Waals surface area contributed by atoms with Crippen LogP contribution in [0.1, 0.15) is 12.8 Å². The molecule has 0 spiro atoms. The Kier molecular flexibility index (Phi) is 10.8. The predicted octanol–water partition coefficient (Wildman–Crippen LogP) is 0.607. The lowest BCUT2D eigenvalue weighted by atomic mass is 10.2. The second-order valence-corrected chi connectivity index (χ2v) is 6.90. The number of amides is 1. The van der Waals surface area contributed by atoms with E-state index < -0.39 is 0 Å². The molecule has 25 heavy (non-hydrogen) atoms. The van der Waals surface area contributed by atoms with Gasteiger partial charge in [0.15, 0.2) is 0 Å². The van der Waals surface area contributed by atoms with E-state index in [1.54, 1.807) is 24.2 Å². The summed E-state index contributed by atoms with van der Waals surface area (Å²) < 4.78 is 0. The summed E-state index contributed by atoms with van der Waals surface area (Å²) in [6, 6.07) is 1.45. The molecule has 1 fully saturated rings. The average Bonchev–Trinajstić information content (AvgIpc) is 2.64. The summed E-state index contributed by atoms with van der Waals surface area (Å²) in [6.07, 6.45) is 7.26. The van der Waals surface area contributed by atoms with Crippen LogP contribution < -0.4 is 16.0 Å². The molecule has 1 saturated heterocycles. The van der Waals surface area contributed by atoms with Crippen molar-refractivity contribution < 1.29 is 4.79 Å². The first-order valence-electron chi connectivity index (χ1n) is 8.47. The number of carbonyl (C=O) groups excluding carboxylic acids is 1. The third-order valence-electron chi connectivity index (χ3n) is 4.13. The monoisotopic (exact) mass is 388 g/mol. The van der Waals surface area contributed by atoms with Crippen molar-refractivity contribution in [2.45, 2.75) is 18.9 Å². The van der Waals surface area contributed by atoms with E-state index in [2.05, 4.69) is 25.1 Å². The Morgan fingerprint density at radius 3 is 2.64 bits per heavy atom. The Morgan fingerprint density at radius 2 is 2.00 bits per heavy atom. The molecule has 1 unspecified atom stereocenters. The Balaban J connectivity index is 0.00000312. The molecule has 0 aliphatic carbocycles. The Bertz CT molecular complexity index is 487. The van der Waals surface area contributed by atoms with E-state index in [-0.39, 0.29) is 24.4 Å². The largest absolute Gasteiger partial charge is 0.355 e. The van der Waals surface area contributed by atoms with Crippen molar-refractivity contribution in [2.24, 2.45) is 5.73 Å². The third kappa shape index (κ3) is 7.77. The highest BCUT2D eigenvalue weighted by Crippen LogP contribution is 2.09. The molecule has 1 aromatic rings. The Hall–Kier alpha value is -1.09. The molecular weight excluding hydrogens is 360 g/mol. The van der Waals surface area contributed by atoms with Gasteiger partial charge >= 0.3 is 0 Å². The van der Waals surface area contributed by atoms with Gasteiger partial charge in [-0.2, -0.15) is 11.8 Å². The van der Waals surface area contributed by atoms with Gasteiger partial charge in [-0.05, 0) is 37.5 Å². The van der Waals surface area contributed by atoms with E-state index in [0.29, 0.717) is 6.54 Å². The van der Waals surface area contributed by atoms with Crippen LogP contribution in [0.15, 0.2) is 18.5 Å². The Labute approximate surface area is 160 Å². The van der Waals surface area contributed by atoms with Crippen molar-refractivity contribution in [3.8, 4) is 0 Å². The lowest BCUT2D eigenvalue weighted by molar-refractivity contribution is -0.122. The smallest absolute Gasteiger partial charge is 0.236 e. The topological polar surface area (TPSA) is 87.4 Å². The highest BCUT2D eigenvalue weighted by atomic mass is 35.5. The summed E-state index contributed by atoms with van der Waals surface area (Å²) in [7, 11) is 0. The first-order chi connectivity index (χ1) is 11.7. The number of hydrogen-bond donors (Lipinski definition) is 2. The van der Waals surface area contributed by atoms with E-state index in [1.165, 1.54) is 0 Å². The number of anilines is 1. The van der Waals surface area contributed by atoms with Gasteiger partial charge in [0.2, 0.25) is 11.9 Å². The van der Waals surface area contributed by atoms with E-state index in [1.807, 2.05) is 12.3 Å². The summed E-state index contributed by atoms with van der Waals surface area (Å²) in [5.41, 5.74) is 5.85. The second-order valence-electron chi connectivity index (χ2n) is 5.91. The molecule has 1 aromatic heterocycles. The van der Waals surface area contributed by atoms with Crippen molar-refractivity contribution >= 4 is 36.0 Å². The standard InChI is InChI=1S/C16H28N6OS.ClH/c1-24-13-4-14(17)15(23)18-7-3-8-21-9-11-22(12-10-21)16-19-5-2-6-20-16;/h2,5-6,14H,3-4,7-13,17H2,1H3,(H,18,23);1H. The minimum atomic E-state index is -0.383. The molecule has 0 radical (unpaired) electrons. The van der Waals surface area contributed by atoms with E-state index in [0.717, 1.165) is 57.3 Å². The molecule has 0 aromatic carbocycles. The van der Waals surface area contributed by atoms with Crippen LogP contribution in [0, 0.1) is 0 Å². The van der Waals surface area contributed by atoms with Gasteiger partial charge < -0.3 is 16.0 Å². The number of nitrogens with one attached hydrogen (secondary N) is 1. The van der Waals surface area contributed by atoms with Crippen molar-refractivity contribution in [3.05, 3.63) is 18.5 Å². The highest BCUT2D eigenvalue weighted by molar-refractivity contribution is 7.98. The van der Waals surface area contributed by atoms with Crippen molar-refractivity contribution in [1.29, 1.82) is 0 Å². The molecule has 3 N–H and O–H groups in total. The van der Waals surface area contributed by atoms with Crippen LogP contribution in [0.3, 0.4) is 0 Å².